The first-order chi connectivity index (χ1) is 7.76. The lowest BCUT2D eigenvalue weighted by atomic mass is 10.2. The Labute approximate surface area is 103 Å². The van der Waals surface area contributed by atoms with Crippen LogP contribution in [-0.4, -0.2) is 22.6 Å². The molecular formula is C10H14N2O4S. The van der Waals surface area contributed by atoms with Crippen LogP contribution in [0.5, 0.6) is 5.88 Å². The van der Waals surface area contributed by atoms with Crippen LogP contribution in [0.1, 0.15) is 27.7 Å². The van der Waals surface area contributed by atoms with E-state index in [1.807, 2.05) is 0 Å². The zero-order chi connectivity index (χ0) is 13.1. The molecular weight excluding hydrogens is 244 g/mol. The molecule has 1 rings (SSSR count). The van der Waals surface area contributed by atoms with Crippen LogP contribution in [0.3, 0.4) is 0 Å². The van der Waals surface area contributed by atoms with Crippen molar-refractivity contribution in [1.29, 1.82) is 0 Å². The van der Waals surface area contributed by atoms with Gasteiger partial charge in [0.1, 0.15) is 5.60 Å². The molecule has 0 bridgehead atoms. The number of amides is 1. The summed E-state index contributed by atoms with van der Waals surface area (Å²) in [5.74, 6) is -0.298. The number of rotatable bonds is 2. The van der Waals surface area contributed by atoms with Gasteiger partial charge in [0.05, 0.1) is 5.38 Å². The van der Waals surface area contributed by atoms with Gasteiger partial charge in [0.15, 0.2) is 5.13 Å². The van der Waals surface area contributed by atoms with Crippen LogP contribution in [0.25, 0.3) is 0 Å². The molecule has 7 heteroatoms. The Bertz CT molecular complexity index is 422. The lowest BCUT2D eigenvalue weighted by Crippen LogP contribution is -2.27. The van der Waals surface area contributed by atoms with Gasteiger partial charge in [0, 0.05) is 6.92 Å². The van der Waals surface area contributed by atoms with Gasteiger partial charge in [-0.25, -0.2) is 4.79 Å². The Morgan fingerprint density at radius 3 is 2.59 bits per heavy atom. The van der Waals surface area contributed by atoms with Crippen LogP contribution in [0.2, 0.25) is 0 Å². The number of hydrogen-bond donors (Lipinski definition) is 1. The smallest absolute Gasteiger partial charge is 0.413 e. The number of ether oxygens (including phenoxy) is 2. The number of nitrogens with zero attached hydrogens (tertiary/aromatic N) is 1. The predicted molar refractivity (Wildman–Crippen MR) is 63.3 cm³/mol. The molecule has 1 N–H and O–H groups in total. The van der Waals surface area contributed by atoms with E-state index in [1.165, 1.54) is 12.3 Å². The number of thiazole rings is 1. The van der Waals surface area contributed by atoms with Crippen molar-refractivity contribution in [2.24, 2.45) is 0 Å². The average Bonchev–Trinajstić information content (AvgIpc) is 2.46. The van der Waals surface area contributed by atoms with Crippen molar-refractivity contribution in [3.8, 4) is 5.88 Å². The first kappa shape index (κ1) is 13.4. The summed E-state index contributed by atoms with van der Waals surface area (Å²) in [7, 11) is 0. The lowest BCUT2D eigenvalue weighted by molar-refractivity contribution is -0.132. The molecule has 6 nitrogen and oxygen atoms in total. The second kappa shape index (κ2) is 5.13. The Balaban J connectivity index is 2.55. The van der Waals surface area contributed by atoms with E-state index in [9.17, 15) is 9.59 Å². The molecule has 0 fully saturated rings. The van der Waals surface area contributed by atoms with Gasteiger partial charge in [-0.2, -0.15) is 4.98 Å². The highest BCUT2D eigenvalue weighted by atomic mass is 32.1. The topological polar surface area (TPSA) is 77.5 Å². The zero-order valence-corrected chi connectivity index (χ0v) is 10.9. The fraction of sp³-hybridized carbons (Fsp3) is 0.500. The van der Waals surface area contributed by atoms with Gasteiger partial charge in [-0.1, -0.05) is 0 Å². The summed E-state index contributed by atoms with van der Waals surface area (Å²) >= 11 is 1.15. The van der Waals surface area contributed by atoms with Crippen LogP contribution in [0, 0.1) is 0 Å². The molecule has 1 aromatic rings. The number of anilines is 1. The minimum absolute atomic E-state index is 0.161. The summed E-state index contributed by atoms with van der Waals surface area (Å²) in [6, 6.07) is 0. The molecule has 0 unspecified atom stereocenters. The van der Waals surface area contributed by atoms with E-state index in [2.05, 4.69) is 10.3 Å². The molecule has 0 aromatic carbocycles. The fourth-order valence-corrected chi connectivity index (χ4v) is 1.50. The van der Waals surface area contributed by atoms with Gasteiger partial charge in [0.25, 0.3) is 0 Å². The molecule has 17 heavy (non-hydrogen) atoms. The standard InChI is InChI=1S/C10H14N2O4S/c1-6(13)15-7-5-17-8(11-7)12-9(14)16-10(2,3)4/h5H,1-4H3,(H,11,12,14). The molecule has 0 saturated heterocycles. The monoisotopic (exact) mass is 258 g/mol. The van der Waals surface area contributed by atoms with Crippen molar-refractivity contribution in [3.63, 3.8) is 0 Å². The Hall–Kier alpha value is -1.63. The third kappa shape index (κ3) is 5.30. The van der Waals surface area contributed by atoms with Crippen LogP contribution in [-0.2, 0) is 9.53 Å². The van der Waals surface area contributed by atoms with E-state index in [0.717, 1.165) is 11.3 Å². The summed E-state index contributed by atoms with van der Waals surface area (Å²) in [5, 5.41) is 4.28. The maximum atomic E-state index is 11.4. The summed E-state index contributed by atoms with van der Waals surface area (Å²) in [5.41, 5.74) is -0.569. The molecule has 1 amide bonds. The van der Waals surface area contributed by atoms with E-state index in [0.29, 0.717) is 5.13 Å². The number of nitrogens with one attached hydrogen (secondary N) is 1. The maximum absolute atomic E-state index is 11.4. The van der Waals surface area contributed by atoms with Crippen molar-refractivity contribution < 1.29 is 19.1 Å². The fourth-order valence-electron chi connectivity index (χ4n) is 0.901. The van der Waals surface area contributed by atoms with Crippen molar-refractivity contribution in [1.82, 2.24) is 4.98 Å². The van der Waals surface area contributed by atoms with Gasteiger partial charge in [-0.05, 0) is 20.8 Å². The first-order valence-electron chi connectivity index (χ1n) is 4.90. The Morgan fingerprint density at radius 2 is 2.06 bits per heavy atom. The van der Waals surface area contributed by atoms with Crippen molar-refractivity contribution in [2.45, 2.75) is 33.3 Å². The van der Waals surface area contributed by atoms with Gasteiger partial charge >= 0.3 is 12.1 Å². The number of hydrogen-bond acceptors (Lipinski definition) is 6. The van der Waals surface area contributed by atoms with Crippen LogP contribution in [0.15, 0.2) is 5.38 Å². The quantitative estimate of drug-likeness (QED) is 0.824. The van der Waals surface area contributed by atoms with Gasteiger partial charge < -0.3 is 9.47 Å². The van der Waals surface area contributed by atoms with Crippen molar-refractivity contribution in [3.05, 3.63) is 5.38 Å². The molecule has 1 aromatic heterocycles. The molecule has 0 aliphatic rings. The zero-order valence-electron chi connectivity index (χ0n) is 10.1. The summed E-state index contributed by atoms with van der Waals surface area (Å²) < 4.78 is 9.79. The molecule has 0 aliphatic carbocycles. The lowest BCUT2D eigenvalue weighted by Gasteiger charge is -2.18. The Morgan fingerprint density at radius 1 is 1.41 bits per heavy atom. The summed E-state index contributed by atoms with van der Waals surface area (Å²) in [6.07, 6.45) is -0.596. The van der Waals surface area contributed by atoms with Crippen LogP contribution < -0.4 is 10.1 Å². The van der Waals surface area contributed by atoms with E-state index < -0.39 is 17.7 Å². The van der Waals surface area contributed by atoms with E-state index in [-0.39, 0.29) is 5.88 Å². The van der Waals surface area contributed by atoms with Gasteiger partial charge in [-0.15, -0.1) is 11.3 Å². The highest BCUT2D eigenvalue weighted by Gasteiger charge is 2.17. The molecule has 0 spiro atoms. The predicted octanol–water partition coefficient (Wildman–Crippen LogP) is 2.42. The van der Waals surface area contributed by atoms with Gasteiger partial charge in [-0.3, -0.25) is 10.1 Å². The molecule has 0 radical (unpaired) electrons. The van der Waals surface area contributed by atoms with Crippen molar-refractivity contribution >= 4 is 28.5 Å². The first-order valence-corrected chi connectivity index (χ1v) is 5.78. The highest BCUT2D eigenvalue weighted by Crippen LogP contribution is 2.21. The second-order valence-corrected chi connectivity index (χ2v) is 5.07. The molecule has 94 valence electrons. The highest BCUT2D eigenvalue weighted by molar-refractivity contribution is 7.14. The number of carbonyl (C=O) groups excluding carboxylic acids is 2. The third-order valence-electron chi connectivity index (χ3n) is 1.34. The molecule has 0 saturated carbocycles. The number of carbonyl (C=O) groups is 2. The van der Waals surface area contributed by atoms with E-state index >= 15 is 0 Å². The minimum Gasteiger partial charge on any atom is -0.444 e. The Kier molecular flexibility index (Phi) is 4.06. The molecule has 0 atom stereocenters. The average molecular weight is 258 g/mol. The normalized spacial score (nSPS) is 10.8. The second-order valence-electron chi connectivity index (χ2n) is 4.21. The summed E-state index contributed by atoms with van der Waals surface area (Å²) in [6.45, 7) is 6.57. The number of aromatic nitrogens is 1. The maximum Gasteiger partial charge on any atom is 0.413 e. The van der Waals surface area contributed by atoms with Crippen LogP contribution in [0.4, 0.5) is 9.93 Å². The van der Waals surface area contributed by atoms with Crippen LogP contribution >= 0.6 is 11.3 Å². The largest absolute Gasteiger partial charge is 0.444 e. The summed E-state index contributed by atoms with van der Waals surface area (Å²) in [4.78, 5) is 25.9. The van der Waals surface area contributed by atoms with Crippen molar-refractivity contribution in [2.75, 3.05) is 5.32 Å². The minimum atomic E-state index is -0.596. The van der Waals surface area contributed by atoms with E-state index in [4.69, 9.17) is 9.47 Å². The SMILES string of the molecule is CC(=O)Oc1csc(NC(=O)OC(C)(C)C)n1. The van der Waals surface area contributed by atoms with E-state index in [1.54, 1.807) is 20.8 Å². The third-order valence-corrected chi connectivity index (χ3v) is 2.08. The van der Waals surface area contributed by atoms with Gasteiger partial charge in [0.2, 0.25) is 5.88 Å². The molecule has 1 heterocycles. The molecule has 0 aliphatic heterocycles. The number of esters is 1.